The number of nitrogens with zero attached hydrogens (tertiary/aromatic N) is 1. The molecule has 0 aliphatic carbocycles. The first kappa shape index (κ1) is 11.5. The summed E-state index contributed by atoms with van der Waals surface area (Å²) in [5.74, 6) is -0.479. The van der Waals surface area contributed by atoms with Gasteiger partial charge in [0.25, 0.3) is 5.69 Å². The molecule has 1 aromatic carbocycles. The first-order chi connectivity index (χ1) is 8.08. The lowest BCUT2D eigenvalue weighted by Crippen LogP contribution is -2.11. The van der Waals surface area contributed by atoms with E-state index < -0.39 is 10.9 Å². The van der Waals surface area contributed by atoms with E-state index in [2.05, 4.69) is 0 Å². The second-order valence-electron chi connectivity index (χ2n) is 3.81. The van der Waals surface area contributed by atoms with Crippen LogP contribution in [0, 0.1) is 17.0 Å². The summed E-state index contributed by atoms with van der Waals surface area (Å²) < 4.78 is 9.91. The maximum absolute atomic E-state index is 11.6. The summed E-state index contributed by atoms with van der Waals surface area (Å²) >= 11 is 0. The lowest BCUT2D eigenvalue weighted by molar-refractivity contribution is -0.384. The number of ether oxygens (including phenoxy) is 2. The van der Waals surface area contributed by atoms with Gasteiger partial charge < -0.3 is 9.47 Å². The average Bonchev–Trinajstić information content (AvgIpc) is 3.09. The molecule has 1 fully saturated rings. The van der Waals surface area contributed by atoms with E-state index in [1.165, 1.54) is 18.2 Å². The van der Waals surface area contributed by atoms with Crippen LogP contribution in [0.15, 0.2) is 18.2 Å². The number of carbonyl (C=O) groups excluding carboxylic acids is 1. The maximum Gasteiger partial charge on any atom is 0.338 e. The van der Waals surface area contributed by atoms with Crippen LogP contribution in [-0.4, -0.2) is 30.2 Å². The van der Waals surface area contributed by atoms with Crippen molar-refractivity contribution in [2.75, 3.05) is 13.2 Å². The number of aryl methyl sites for hydroxylation is 1. The van der Waals surface area contributed by atoms with Gasteiger partial charge in [-0.2, -0.15) is 0 Å². The Kier molecular flexibility index (Phi) is 3.06. The van der Waals surface area contributed by atoms with Crippen molar-refractivity contribution in [3.05, 3.63) is 39.4 Å². The molecule has 1 atom stereocenters. The molecule has 0 amide bonds. The van der Waals surface area contributed by atoms with Crippen molar-refractivity contribution in [2.24, 2.45) is 0 Å². The van der Waals surface area contributed by atoms with Crippen molar-refractivity contribution in [3.8, 4) is 0 Å². The largest absolute Gasteiger partial charge is 0.459 e. The molecule has 0 aromatic heterocycles. The zero-order valence-electron chi connectivity index (χ0n) is 9.21. The smallest absolute Gasteiger partial charge is 0.338 e. The molecule has 1 aliphatic rings. The van der Waals surface area contributed by atoms with Gasteiger partial charge in [-0.25, -0.2) is 4.79 Å². The van der Waals surface area contributed by atoms with Crippen LogP contribution in [-0.2, 0) is 9.47 Å². The molecule has 2 rings (SSSR count). The van der Waals surface area contributed by atoms with Crippen molar-refractivity contribution in [1.82, 2.24) is 0 Å². The molecule has 0 spiro atoms. The maximum atomic E-state index is 11.6. The Balaban J connectivity index is 2.08. The highest BCUT2D eigenvalue weighted by Crippen LogP contribution is 2.18. The van der Waals surface area contributed by atoms with E-state index in [9.17, 15) is 14.9 Å². The number of carbonyl (C=O) groups is 1. The van der Waals surface area contributed by atoms with Gasteiger partial charge in [0.1, 0.15) is 12.7 Å². The highest BCUT2D eigenvalue weighted by molar-refractivity contribution is 5.91. The van der Waals surface area contributed by atoms with Crippen molar-refractivity contribution < 1.29 is 19.2 Å². The summed E-state index contributed by atoms with van der Waals surface area (Å²) in [6.07, 6.45) is 0.0114. The topological polar surface area (TPSA) is 82.0 Å². The van der Waals surface area contributed by atoms with E-state index in [1.807, 2.05) is 0 Å². The van der Waals surface area contributed by atoms with Crippen LogP contribution in [0.2, 0.25) is 0 Å². The van der Waals surface area contributed by atoms with Crippen LogP contribution in [0.3, 0.4) is 0 Å². The van der Waals surface area contributed by atoms with Gasteiger partial charge in [-0.15, -0.1) is 0 Å². The number of non-ortho nitro benzene ring substituents is 1. The van der Waals surface area contributed by atoms with Gasteiger partial charge in [-0.1, -0.05) is 0 Å². The highest BCUT2D eigenvalue weighted by atomic mass is 16.6. The van der Waals surface area contributed by atoms with Gasteiger partial charge in [0.15, 0.2) is 0 Å². The Hall–Kier alpha value is -1.95. The molecule has 90 valence electrons. The predicted octanol–water partition coefficient (Wildman–Crippen LogP) is 1.46. The molecule has 0 bridgehead atoms. The van der Waals surface area contributed by atoms with Gasteiger partial charge >= 0.3 is 5.97 Å². The summed E-state index contributed by atoms with van der Waals surface area (Å²) in [6, 6.07) is 4.05. The Morgan fingerprint density at radius 1 is 1.65 bits per heavy atom. The third-order valence-corrected chi connectivity index (χ3v) is 2.44. The van der Waals surface area contributed by atoms with Gasteiger partial charge in [0.2, 0.25) is 0 Å². The standard InChI is InChI=1S/C11H11NO5/c1-7-4-8(12(14)15)2-3-10(7)11(13)17-6-9-5-16-9/h2-4,9H,5-6H2,1H3. The number of hydrogen-bond acceptors (Lipinski definition) is 5. The molecular weight excluding hydrogens is 226 g/mol. The second-order valence-corrected chi connectivity index (χ2v) is 3.81. The lowest BCUT2D eigenvalue weighted by atomic mass is 10.1. The number of nitro groups is 1. The number of nitro benzene ring substituents is 1. The molecule has 0 radical (unpaired) electrons. The van der Waals surface area contributed by atoms with Crippen LogP contribution >= 0.6 is 0 Å². The minimum atomic E-state index is -0.500. The number of benzene rings is 1. The molecule has 1 saturated heterocycles. The number of hydrogen-bond donors (Lipinski definition) is 0. The van der Waals surface area contributed by atoms with E-state index in [4.69, 9.17) is 9.47 Å². The van der Waals surface area contributed by atoms with Crippen molar-refractivity contribution in [2.45, 2.75) is 13.0 Å². The third kappa shape index (κ3) is 2.79. The highest BCUT2D eigenvalue weighted by Gasteiger charge is 2.25. The van der Waals surface area contributed by atoms with E-state index >= 15 is 0 Å². The Morgan fingerprint density at radius 2 is 2.35 bits per heavy atom. The fourth-order valence-corrected chi connectivity index (χ4v) is 1.40. The Morgan fingerprint density at radius 3 is 2.88 bits per heavy atom. The molecule has 1 unspecified atom stereocenters. The second kappa shape index (κ2) is 4.50. The molecule has 1 heterocycles. The van der Waals surface area contributed by atoms with Gasteiger partial charge in [0.05, 0.1) is 17.1 Å². The van der Waals surface area contributed by atoms with Crippen LogP contribution in [0.4, 0.5) is 5.69 Å². The normalized spacial score (nSPS) is 17.6. The number of rotatable bonds is 4. The lowest BCUT2D eigenvalue weighted by Gasteiger charge is -2.05. The minimum Gasteiger partial charge on any atom is -0.459 e. The van der Waals surface area contributed by atoms with E-state index in [0.29, 0.717) is 17.7 Å². The number of esters is 1. The Labute approximate surface area is 97.3 Å². The molecule has 1 aliphatic heterocycles. The van der Waals surface area contributed by atoms with Crippen LogP contribution in [0.5, 0.6) is 0 Å². The summed E-state index contributed by atoms with van der Waals surface area (Å²) in [5.41, 5.74) is 0.835. The predicted molar refractivity (Wildman–Crippen MR) is 57.9 cm³/mol. The zero-order valence-corrected chi connectivity index (χ0v) is 9.21. The molecule has 6 nitrogen and oxygen atoms in total. The number of epoxide rings is 1. The minimum absolute atomic E-state index is 0.0114. The van der Waals surface area contributed by atoms with E-state index in [0.717, 1.165) is 0 Å². The summed E-state index contributed by atoms with van der Waals surface area (Å²) in [5, 5.41) is 10.5. The fraction of sp³-hybridized carbons (Fsp3) is 0.364. The van der Waals surface area contributed by atoms with E-state index in [-0.39, 0.29) is 18.4 Å². The summed E-state index contributed by atoms with van der Waals surface area (Å²) in [6.45, 7) is 2.49. The fourth-order valence-electron chi connectivity index (χ4n) is 1.40. The quantitative estimate of drug-likeness (QED) is 0.342. The van der Waals surface area contributed by atoms with Crippen molar-refractivity contribution in [1.29, 1.82) is 0 Å². The Bertz CT molecular complexity index is 467. The summed E-state index contributed by atoms with van der Waals surface area (Å²) in [4.78, 5) is 21.7. The molecule has 6 heteroatoms. The van der Waals surface area contributed by atoms with Gasteiger partial charge in [-0.3, -0.25) is 10.1 Å². The van der Waals surface area contributed by atoms with Crippen molar-refractivity contribution in [3.63, 3.8) is 0 Å². The molecular formula is C11H11NO5. The third-order valence-electron chi connectivity index (χ3n) is 2.44. The first-order valence-corrected chi connectivity index (χ1v) is 5.11. The molecule has 17 heavy (non-hydrogen) atoms. The zero-order chi connectivity index (χ0) is 12.4. The molecule has 0 N–H and O–H groups in total. The van der Waals surface area contributed by atoms with Crippen LogP contribution < -0.4 is 0 Å². The summed E-state index contributed by atoms with van der Waals surface area (Å²) in [7, 11) is 0. The molecule has 0 saturated carbocycles. The van der Waals surface area contributed by atoms with Crippen molar-refractivity contribution >= 4 is 11.7 Å². The van der Waals surface area contributed by atoms with Gasteiger partial charge in [0, 0.05) is 12.1 Å². The van der Waals surface area contributed by atoms with Crippen LogP contribution in [0.1, 0.15) is 15.9 Å². The molecule has 1 aromatic rings. The SMILES string of the molecule is Cc1cc([N+](=O)[O-])ccc1C(=O)OCC1CO1. The van der Waals surface area contributed by atoms with E-state index in [1.54, 1.807) is 6.92 Å². The average molecular weight is 237 g/mol. The monoisotopic (exact) mass is 237 g/mol. The first-order valence-electron chi connectivity index (χ1n) is 5.11. The van der Waals surface area contributed by atoms with Crippen LogP contribution in [0.25, 0.3) is 0 Å². The van der Waals surface area contributed by atoms with Gasteiger partial charge in [-0.05, 0) is 18.6 Å².